The molecule has 1 atom stereocenters. The summed E-state index contributed by atoms with van der Waals surface area (Å²) in [5.41, 5.74) is 1.25. The molecule has 0 saturated carbocycles. The van der Waals surface area contributed by atoms with Gasteiger partial charge in [-0.25, -0.2) is 0 Å². The van der Waals surface area contributed by atoms with Crippen LogP contribution in [0.5, 0.6) is 0 Å². The minimum absolute atomic E-state index is 0. The van der Waals surface area contributed by atoms with Gasteiger partial charge in [-0.1, -0.05) is 15.9 Å². The van der Waals surface area contributed by atoms with E-state index in [0.717, 1.165) is 49.3 Å². The van der Waals surface area contributed by atoms with Crippen molar-refractivity contribution in [3.05, 3.63) is 28.7 Å². The van der Waals surface area contributed by atoms with Gasteiger partial charge >= 0.3 is 5.97 Å². The van der Waals surface area contributed by atoms with Crippen LogP contribution < -0.4 is 15.5 Å². The number of aliphatic imine (C=N–C) groups is 1. The van der Waals surface area contributed by atoms with Crippen LogP contribution in [0.15, 0.2) is 33.7 Å². The van der Waals surface area contributed by atoms with Crippen molar-refractivity contribution in [2.75, 3.05) is 38.7 Å². The highest BCUT2D eigenvalue weighted by molar-refractivity contribution is 14.0. The lowest BCUT2D eigenvalue weighted by molar-refractivity contribution is -0.140. The zero-order chi connectivity index (χ0) is 18.1. The number of hydrogen-bond acceptors (Lipinski definition) is 4. The number of esters is 1. The van der Waals surface area contributed by atoms with Gasteiger partial charge in [0.1, 0.15) is 0 Å². The average molecular weight is 539 g/mol. The first-order valence-corrected chi connectivity index (χ1v) is 9.46. The molecule has 2 N–H and O–H groups in total. The molecule has 0 bridgehead atoms. The molecule has 0 aliphatic carbocycles. The maximum atomic E-state index is 11.1. The average Bonchev–Trinajstić information content (AvgIpc) is 3.09. The van der Waals surface area contributed by atoms with Crippen LogP contribution >= 0.6 is 39.9 Å². The largest absolute Gasteiger partial charge is 0.469 e. The van der Waals surface area contributed by atoms with Gasteiger partial charge < -0.3 is 20.3 Å². The molecule has 0 amide bonds. The highest BCUT2D eigenvalue weighted by Gasteiger charge is 2.23. The number of guanidine groups is 1. The molecule has 1 aromatic carbocycles. The summed E-state index contributed by atoms with van der Waals surface area (Å²) >= 11 is 3.47. The van der Waals surface area contributed by atoms with Crippen LogP contribution in [0.25, 0.3) is 0 Å². The number of hydrogen-bond donors (Lipinski definition) is 2. The molecule has 0 radical (unpaired) electrons. The van der Waals surface area contributed by atoms with Crippen molar-refractivity contribution in [3.63, 3.8) is 0 Å². The van der Waals surface area contributed by atoms with E-state index in [1.807, 2.05) is 0 Å². The fourth-order valence-corrected chi connectivity index (χ4v) is 3.12. The summed E-state index contributed by atoms with van der Waals surface area (Å²) in [6, 6.07) is 8.81. The Balaban J connectivity index is 0.00000338. The monoisotopic (exact) mass is 538 g/mol. The molecule has 26 heavy (non-hydrogen) atoms. The Kier molecular flexibility index (Phi) is 11.0. The number of methoxy groups -OCH3 is 1. The molecule has 1 fully saturated rings. The van der Waals surface area contributed by atoms with Crippen molar-refractivity contribution in [2.24, 2.45) is 4.99 Å². The molecule has 0 aromatic heterocycles. The SMILES string of the molecule is CN=C(NCCCCC(=O)OC)NC1CCN(c2ccc(Br)cc2)C1.I. The number of unbranched alkanes of at least 4 members (excludes halogenated alkanes) is 1. The lowest BCUT2D eigenvalue weighted by Gasteiger charge is -2.20. The van der Waals surface area contributed by atoms with Crippen molar-refractivity contribution in [1.82, 2.24) is 10.6 Å². The third-order valence-electron chi connectivity index (χ3n) is 4.27. The van der Waals surface area contributed by atoms with Crippen molar-refractivity contribution in [1.29, 1.82) is 0 Å². The van der Waals surface area contributed by atoms with Gasteiger partial charge in [0.2, 0.25) is 0 Å². The molecule has 1 aromatic rings. The summed E-state index contributed by atoms with van der Waals surface area (Å²) < 4.78 is 5.74. The highest BCUT2D eigenvalue weighted by atomic mass is 127. The molecule has 146 valence electrons. The molecule has 1 aliphatic heterocycles. The molecule has 8 heteroatoms. The van der Waals surface area contributed by atoms with E-state index in [2.05, 4.69) is 65.5 Å². The first kappa shape index (κ1) is 23.0. The molecule has 1 unspecified atom stereocenters. The number of nitrogens with one attached hydrogen (secondary N) is 2. The Hall–Kier alpha value is -1.03. The van der Waals surface area contributed by atoms with E-state index in [1.165, 1.54) is 12.8 Å². The molecule has 1 aliphatic rings. The van der Waals surface area contributed by atoms with Crippen LogP contribution in [-0.2, 0) is 9.53 Å². The Bertz CT molecular complexity index is 583. The Morgan fingerprint density at radius 1 is 1.35 bits per heavy atom. The van der Waals surface area contributed by atoms with Gasteiger partial charge in [0.05, 0.1) is 7.11 Å². The molecule has 6 nitrogen and oxygen atoms in total. The van der Waals surface area contributed by atoms with E-state index < -0.39 is 0 Å². The van der Waals surface area contributed by atoms with Gasteiger partial charge in [0.25, 0.3) is 0 Å². The van der Waals surface area contributed by atoms with E-state index in [9.17, 15) is 4.79 Å². The smallest absolute Gasteiger partial charge is 0.305 e. The second kappa shape index (κ2) is 12.4. The lowest BCUT2D eigenvalue weighted by atomic mass is 10.2. The number of carbonyl (C=O) groups is 1. The van der Waals surface area contributed by atoms with Crippen LogP contribution in [-0.4, -0.2) is 51.8 Å². The van der Waals surface area contributed by atoms with E-state index in [0.29, 0.717) is 12.5 Å². The van der Waals surface area contributed by atoms with E-state index in [-0.39, 0.29) is 29.9 Å². The van der Waals surface area contributed by atoms with E-state index >= 15 is 0 Å². The Labute approximate surface area is 181 Å². The number of rotatable bonds is 7. The second-order valence-corrected chi connectivity index (χ2v) is 7.00. The third kappa shape index (κ3) is 7.69. The quantitative estimate of drug-likeness (QED) is 0.183. The molecule has 1 heterocycles. The van der Waals surface area contributed by atoms with Gasteiger partial charge in [0.15, 0.2) is 5.96 Å². The number of nitrogens with zero attached hydrogens (tertiary/aromatic N) is 2. The Morgan fingerprint density at radius 3 is 2.73 bits per heavy atom. The summed E-state index contributed by atoms with van der Waals surface area (Å²) in [4.78, 5) is 17.7. The fraction of sp³-hybridized carbons (Fsp3) is 0.556. The number of anilines is 1. The van der Waals surface area contributed by atoms with Crippen LogP contribution in [0.3, 0.4) is 0 Å². The summed E-state index contributed by atoms with van der Waals surface area (Å²) in [7, 11) is 3.21. The van der Waals surface area contributed by atoms with Gasteiger partial charge in [-0.15, -0.1) is 24.0 Å². The van der Waals surface area contributed by atoms with Crippen LogP contribution in [0.1, 0.15) is 25.7 Å². The summed E-state index contributed by atoms with van der Waals surface area (Å²) in [5.74, 6) is 0.669. The van der Waals surface area contributed by atoms with Crippen molar-refractivity contribution < 1.29 is 9.53 Å². The number of carbonyl (C=O) groups excluding carboxylic acids is 1. The highest BCUT2D eigenvalue weighted by Crippen LogP contribution is 2.22. The maximum absolute atomic E-state index is 11.1. The zero-order valence-electron chi connectivity index (χ0n) is 15.3. The van der Waals surface area contributed by atoms with Gasteiger partial charge in [-0.05, 0) is 43.5 Å². The van der Waals surface area contributed by atoms with Crippen LogP contribution in [0, 0.1) is 0 Å². The normalized spacial score (nSPS) is 16.8. The van der Waals surface area contributed by atoms with Crippen LogP contribution in [0.2, 0.25) is 0 Å². The Morgan fingerprint density at radius 2 is 2.08 bits per heavy atom. The number of halogens is 2. The van der Waals surface area contributed by atoms with E-state index in [4.69, 9.17) is 0 Å². The minimum Gasteiger partial charge on any atom is -0.469 e. The fourth-order valence-electron chi connectivity index (χ4n) is 2.86. The summed E-state index contributed by atoms with van der Waals surface area (Å²) in [5, 5.41) is 6.80. The molecule has 0 spiro atoms. The zero-order valence-corrected chi connectivity index (χ0v) is 19.2. The topological polar surface area (TPSA) is 66.0 Å². The lowest BCUT2D eigenvalue weighted by Crippen LogP contribution is -2.44. The van der Waals surface area contributed by atoms with Crippen molar-refractivity contribution in [2.45, 2.75) is 31.7 Å². The van der Waals surface area contributed by atoms with Crippen molar-refractivity contribution in [3.8, 4) is 0 Å². The molecular formula is C18H28BrIN4O2. The minimum atomic E-state index is -0.151. The predicted molar refractivity (Wildman–Crippen MR) is 121 cm³/mol. The predicted octanol–water partition coefficient (Wildman–Crippen LogP) is 3.15. The molecular weight excluding hydrogens is 511 g/mol. The van der Waals surface area contributed by atoms with Crippen molar-refractivity contribution >= 4 is 57.5 Å². The maximum Gasteiger partial charge on any atom is 0.305 e. The number of benzene rings is 1. The third-order valence-corrected chi connectivity index (χ3v) is 4.80. The first-order valence-electron chi connectivity index (χ1n) is 8.67. The summed E-state index contributed by atoms with van der Waals surface area (Å²) in [6.07, 6.45) is 3.27. The number of ether oxygens (including phenoxy) is 1. The van der Waals surface area contributed by atoms with Gasteiger partial charge in [-0.2, -0.15) is 0 Å². The molecule has 1 saturated heterocycles. The van der Waals surface area contributed by atoms with Gasteiger partial charge in [0, 0.05) is 49.3 Å². The first-order chi connectivity index (χ1) is 12.1. The van der Waals surface area contributed by atoms with E-state index in [1.54, 1.807) is 7.05 Å². The van der Waals surface area contributed by atoms with Crippen LogP contribution in [0.4, 0.5) is 5.69 Å². The summed E-state index contributed by atoms with van der Waals surface area (Å²) in [6.45, 7) is 2.79. The van der Waals surface area contributed by atoms with Gasteiger partial charge in [-0.3, -0.25) is 9.79 Å². The standard InChI is InChI=1S/C18H27BrN4O2.HI/c1-20-18(21-11-4-3-5-17(24)25-2)22-15-10-12-23(13-15)16-8-6-14(19)7-9-16;/h6-9,15H,3-5,10-13H2,1-2H3,(H2,20,21,22);1H. The second-order valence-electron chi connectivity index (χ2n) is 6.08. The molecule has 2 rings (SSSR count).